The normalized spacial score (nSPS) is 10.6. The number of hydrogen-bond donors (Lipinski definition) is 2. The molecule has 110 valence electrons. The Labute approximate surface area is 123 Å². The molecule has 0 bridgehead atoms. The number of aromatic amines is 1. The highest BCUT2D eigenvalue weighted by molar-refractivity contribution is 5.96. The van der Waals surface area contributed by atoms with Gasteiger partial charge in [0.1, 0.15) is 0 Å². The van der Waals surface area contributed by atoms with Gasteiger partial charge in [-0.25, -0.2) is 15.0 Å². The minimum absolute atomic E-state index is 0.0675. The molecule has 1 amide bonds. The second-order valence-electron chi connectivity index (χ2n) is 4.46. The van der Waals surface area contributed by atoms with Crippen molar-refractivity contribution >= 4 is 16.9 Å². The molecule has 0 atom stereocenters. The topological polar surface area (TPSA) is 101 Å². The van der Waals surface area contributed by atoms with Crippen LogP contribution in [0.1, 0.15) is 16.1 Å². The van der Waals surface area contributed by atoms with E-state index in [1.54, 1.807) is 6.07 Å². The van der Waals surface area contributed by atoms with E-state index in [2.05, 4.69) is 25.3 Å². The fourth-order valence-corrected chi connectivity index (χ4v) is 1.90. The smallest absolute Gasteiger partial charge is 0.260 e. The van der Waals surface area contributed by atoms with Crippen molar-refractivity contribution in [2.75, 3.05) is 0 Å². The maximum atomic E-state index is 13.0. The van der Waals surface area contributed by atoms with Crippen molar-refractivity contribution in [3.8, 4) is 0 Å². The zero-order valence-corrected chi connectivity index (χ0v) is 11.2. The van der Waals surface area contributed by atoms with Gasteiger partial charge in [0, 0.05) is 6.20 Å². The number of pyridine rings is 2. The second kappa shape index (κ2) is 5.68. The number of fused-ring (bicyclic) bond motifs is 1. The van der Waals surface area contributed by atoms with E-state index in [0.29, 0.717) is 5.69 Å². The van der Waals surface area contributed by atoms with Crippen LogP contribution in [-0.2, 0) is 6.54 Å². The Balaban J connectivity index is 1.80. The van der Waals surface area contributed by atoms with Crippen LogP contribution >= 0.6 is 0 Å². The van der Waals surface area contributed by atoms with Crippen molar-refractivity contribution in [2.24, 2.45) is 0 Å². The van der Waals surface area contributed by atoms with Crippen LogP contribution in [0.2, 0.25) is 0 Å². The summed E-state index contributed by atoms with van der Waals surface area (Å²) in [5.74, 6) is -1.06. The number of hydrogen-bond acceptors (Lipinski definition) is 5. The Kier molecular flexibility index (Phi) is 3.57. The van der Waals surface area contributed by atoms with Gasteiger partial charge in [0.05, 0.1) is 29.5 Å². The largest absolute Gasteiger partial charge is 0.346 e. The highest BCUT2D eigenvalue weighted by atomic mass is 19.1. The number of nitrogens with zero attached hydrogens (tertiary/aromatic N) is 3. The van der Waals surface area contributed by atoms with E-state index in [0.717, 1.165) is 0 Å². The van der Waals surface area contributed by atoms with Gasteiger partial charge in [0.2, 0.25) is 5.95 Å². The van der Waals surface area contributed by atoms with Crippen molar-refractivity contribution in [2.45, 2.75) is 6.54 Å². The van der Waals surface area contributed by atoms with Crippen LogP contribution in [0.5, 0.6) is 0 Å². The van der Waals surface area contributed by atoms with Crippen LogP contribution in [0.3, 0.4) is 0 Å². The molecule has 22 heavy (non-hydrogen) atoms. The van der Waals surface area contributed by atoms with Crippen LogP contribution in [0, 0.1) is 5.95 Å². The number of carbonyl (C=O) groups is 1. The van der Waals surface area contributed by atoms with Gasteiger partial charge in [-0.15, -0.1) is 0 Å². The molecule has 3 rings (SSSR count). The van der Waals surface area contributed by atoms with Crippen molar-refractivity contribution < 1.29 is 9.18 Å². The van der Waals surface area contributed by atoms with Crippen LogP contribution in [-0.4, -0.2) is 25.8 Å². The molecule has 0 aliphatic carbocycles. The highest BCUT2D eigenvalue weighted by Gasteiger charge is 2.09. The van der Waals surface area contributed by atoms with Crippen molar-refractivity contribution in [3.05, 3.63) is 64.3 Å². The lowest BCUT2D eigenvalue weighted by Gasteiger charge is -2.05. The standard InChI is InChI=1S/C14H10FN5O2/c15-11-3-1-2-9(20-11)6-17-13(21)8-4-10-12(16-5-8)18-7-19-14(10)22/h1-5,7H,6H2,(H,17,21)(H,16,18,19,22). The van der Waals surface area contributed by atoms with Crippen LogP contribution < -0.4 is 10.9 Å². The first kappa shape index (κ1) is 13.8. The van der Waals surface area contributed by atoms with E-state index in [1.807, 2.05) is 0 Å². The number of nitrogens with one attached hydrogen (secondary N) is 2. The van der Waals surface area contributed by atoms with Gasteiger partial charge >= 0.3 is 0 Å². The second-order valence-corrected chi connectivity index (χ2v) is 4.46. The van der Waals surface area contributed by atoms with Gasteiger partial charge in [0.15, 0.2) is 5.65 Å². The SMILES string of the molecule is O=C(NCc1cccc(F)n1)c1cnc2nc[nH]c(=O)c2c1. The molecule has 0 aliphatic heterocycles. The lowest BCUT2D eigenvalue weighted by Crippen LogP contribution is -2.24. The van der Waals surface area contributed by atoms with E-state index in [9.17, 15) is 14.0 Å². The minimum Gasteiger partial charge on any atom is -0.346 e. The molecular formula is C14H10FN5O2. The fourth-order valence-electron chi connectivity index (χ4n) is 1.90. The highest BCUT2D eigenvalue weighted by Crippen LogP contribution is 2.06. The number of amides is 1. The molecule has 3 heterocycles. The lowest BCUT2D eigenvalue weighted by atomic mass is 10.2. The molecule has 7 nitrogen and oxygen atoms in total. The molecule has 0 spiro atoms. The Morgan fingerprint density at radius 3 is 3.00 bits per heavy atom. The number of aromatic nitrogens is 4. The van der Waals surface area contributed by atoms with Gasteiger partial charge in [-0.3, -0.25) is 9.59 Å². The summed E-state index contributed by atoms with van der Waals surface area (Å²) in [5.41, 5.74) is 0.482. The number of rotatable bonds is 3. The summed E-state index contributed by atoms with van der Waals surface area (Å²) < 4.78 is 13.0. The minimum atomic E-state index is -0.614. The maximum Gasteiger partial charge on any atom is 0.260 e. The number of halogens is 1. The van der Waals surface area contributed by atoms with Crippen LogP contribution in [0.4, 0.5) is 4.39 Å². The molecule has 0 radical (unpaired) electrons. The van der Waals surface area contributed by atoms with Gasteiger partial charge in [-0.05, 0) is 18.2 Å². The summed E-state index contributed by atoms with van der Waals surface area (Å²) in [7, 11) is 0. The lowest BCUT2D eigenvalue weighted by molar-refractivity contribution is 0.0950. The Bertz CT molecular complexity index is 909. The number of carbonyl (C=O) groups excluding carboxylic acids is 1. The third kappa shape index (κ3) is 2.80. The summed E-state index contributed by atoms with van der Waals surface area (Å²) >= 11 is 0. The molecule has 0 aromatic carbocycles. The van der Waals surface area contributed by atoms with Crippen LogP contribution in [0.15, 0.2) is 41.6 Å². The van der Waals surface area contributed by atoms with E-state index < -0.39 is 11.9 Å². The predicted molar refractivity (Wildman–Crippen MR) is 75.5 cm³/mol. The number of H-pyrrole nitrogens is 1. The van der Waals surface area contributed by atoms with Crippen molar-refractivity contribution in [3.63, 3.8) is 0 Å². The summed E-state index contributed by atoms with van der Waals surface area (Å²) in [5, 5.41) is 2.81. The molecule has 3 aromatic heterocycles. The zero-order valence-electron chi connectivity index (χ0n) is 11.2. The van der Waals surface area contributed by atoms with Gasteiger partial charge < -0.3 is 10.3 Å². The Hall–Kier alpha value is -3.16. The van der Waals surface area contributed by atoms with E-state index in [-0.39, 0.29) is 28.7 Å². The Morgan fingerprint density at radius 1 is 1.32 bits per heavy atom. The van der Waals surface area contributed by atoms with E-state index in [1.165, 1.54) is 30.7 Å². The average molecular weight is 299 g/mol. The Morgan fingerprint density at radius 2 is 2.18 bits per heavy atom. The molecule has 0 unspecified atom stereocenters. The molecule has 0 saturated carbocycles. The monoisotopic (exact) mass is 299 g/mol. The average Bonchev–Trinajstić information content (AvgIpc) is 2.53. The summed E-state index contributed by atoms with van der Waals surface area (Å²) in [6, 6.07) is 5.73. The molecule has 8 heteroatoms. The first-order valence-electron chi connectivity index (χ1n) is 6.36. The predicted octanol–water partition coefficient (Wildman–Crippen LogP) is 0.782. The molecule has 0 fully saturated rings. The summed E-state index contributed by atoms with van der Waals surface area (Å²) in [6.45, 7) is 0.0675. The molecule has 0 aliphatic rings. The van der Waals surface area contributed by atoms with Crippen molar-refractivity contribution in [1.82, 2.24) is 25.3 Å². The van der Waals surface area contributed by atoms with Crippen molar-refractivity contribution in [1.29, 1.82) is 0 Å². The third-order valence-electron chi connectivity index (χ3n) is 2.96. The van der Waals surface area contributed by atoms with Crippen LogP contribution in [0.25, 0.3) is 11.0 Å². The summed E-state index contributed by atoms with van der Waals surface area (Å²) in [4.78, 5) is 37.6. The van der Waals surface area contributed by atoms with E-state index >= 15 is 0 Å². The van der Waals surface area contributed by atoms with Gasteiger partial charge in [-0.2, -0.15) is 4.39 Å². The van der Waals surface area contributed by atoms with Gasteiger partial charge in [-0.1, -0.05) is 6.07 Å². The fraction of sp³-hybridized carbons (Fsp3) is 0.0714. The van der Waals surface area contributed by atoms with E-state index in [4.69, 9.17) is 0 Å². The zero-order chi connectivity index (χ0) is 15.5. The molecule has 3 aromatic rings. The summed E-state index contributed by atoms with van der Waals surface area (Å²) in [6.07, 6.45) is 2.57. The third-order valence-corrected chi connectivity index (χ3v) is 2.96. The molecular weight excluding hydrogens is 289 g/mol. The first-order chi connectivity index (χ1) is 10.6. The quantitative estimate of drug-likeness (QED) is 0.696. The van der Waals surface area contributed by atoms with Gasteiger partial charge in [0.25, 0.3) is 11.5 Å². The first-order valence-corrected chi connectivity index (χ1v) is 6.36. The molecule has 2 N–H and O–H groups in total. The maximum absolute atomic E-state index is 13.0. The molecule has 0 saturated heterocycles.